The summed E-state index contributed by atoms with van der Waals surface area (Å²) >= 11 is 0. The number of hydrogen-bond donors (Lipinski definition) is 0. The van der Waals surface area contributed by atoms with E-state index in [-0.39, 0.29) is 0 Å². The third kappa shape index (κ3) is 2.43. The summed E-state index contributed by atoms with van der Waals surface area (Å²) < 4.78 is 11.1. The van der Waals surface area contributed by atoms with Crippen molar-refractivity contribution in [2.45, 2.75) is 52.4 Å². The second-order valence-electron chi connectivity index (χ2n) is 7.19. The fourth-order valence-electron chi connectivity index (χ4n) is 3.98. The fourth-order valence-corrected chi connectivity index (χ4v) is 3.98. The van der Waals surface area contributed by atoms with Gasteiger partial charge in [0.05, 0.1) is 0 Å². The van der Waals surface area contributed by atoms with Crippen LogP contribution < -0.4 is 9.47 Å². The van der Waals surface area contributed by atoms with Crippen LogP contribution in [0.4, 0.5) is 0 Å². The van der Waals surface area contributed by atoms with Crippen LogP contribution in [-0.4, -0.2) is 11.8 Å². The molecule has 1 fully saturated rings. The summed E-state index contributed by atoms with van der Waals surface area (Å²) in [5, 5.41) is 2.44. The number of fused-ring (bicyclic) bond motifs is 2. The third-order valence-electron chi connectivity index (χ3n) is 5.19. The van der Waals surface area contributed by atoms with E-state index in [1.165, 1.54) is 48.6 Å². The van der Waals surface area contributed by atoms with E-state index >= 15 is 0 Å². The lowest BCUT2D eigenvalue weighted by atomic mass is 9.72. The van der Waals surface area contributed by atoms with Crippen molar-refractivity contribution in [3.63, 3.8) is 0 Å². The van der Waals surface area contributed by atoms with E-state index in [1.807, 2.05) is 0 Å². The molecule has 2 heterocycles. The average Bonchev–Trinajstić information content (AvgIpc) is 2.92. The molecule has 0 radical (unpaired) electrons. The largest absolute Gasteiger partial charge is 0.454 e. The molecule has 0 atom stereocenters. The summed E-state index contributed by atoms with van der Waals surface area (Å²) in [7, 11) is 0. The summed E-state index contributed by atoms with van der Waals surface area (Å²) in [5.74, 6) is 1.71. The second-order valence-corrected chi connectivity index (χ2v) is 7.19. The number of ether oxygens (including phenoxy) is 2. The summed E-state index contributed by atoms with van der Waals surface area (Å²) in [4.78, 5) is 4.87. The van der Waals surface area contributed by atoms with Crippen LogP contribution >= 0.6 is 0 Å². The first kappa shape index (κ1) is 13.9. The number of aromatic nitrogens is 1. The molecular formula is C19H23NO2. The Morgan fingerprint density at radius 3 is 2.55 bits per heavy atom. The Kier molecular flexibility index (Phi) is 3.24. The van der Waals surface area contributed by atoms with Gasteiger partial charge >= 0.3 is 0 Å². The van der Waals surface area contributed by atoms with E-state index in [9.17, 15) is 0 Å². The van der Waals surface area contributed by atoms with Crippen LogP contribution in [0.15, 0.2) is 18.2 Å². The highest BCUT2D eigenvalue weighted by molar-refractivity contribution is 5.88. The molecule has 2 aromatic rings. The van der Waals surface area contributed by atoms with Crippen LogP contribution in [0.1, 0.15) is 50.4 Å². The number of benzene rings is 1. The first-order valence-electron chi connectivity index (χ1n) is 8.33. The van der Waals surface area contributed by atoms with Gasteiger partial charge in [0.25, 0.3) is 0 Å². The quantitative estimate of drug-likeness (QED) is 0.799. The molecule has 1 aliphatic carbocycles. The molecule has 2 aliphatic rings. The monoisotopic (exact) mass is 297 g/mol. The molecule has 4 rings (SSSR count). The van der Waals surface area contributed by atoms with Gasteiger partial charge in [0.2, 0.25) is 6.79 Å². The molecule has 1 aromatic heterocycles. The van der Waals surface area contributed by atoms with E-state index in [4.69, 9.17) is 14.5 Å². The molecule has 0 spiro atoms. The summed E-state index contributed by atoms with van der Waals surface area (Å²) in [6, 6.07) is 6.36. The van der Waals surface area contributed by atoms with Crippen molar-refractivity contribution in [1.29, 1.82) is 0 Å². The van der Waals surface area contributed by atoms with Gasteiger partial charge < -0.3 is 9.47 Å². The second kappa shape index (κ2) is 5.15. The van der Waals surface area contributed by atoms with Gasteiger partial charge in [-0.15, -0.1) is 0 Å². The maximum absolute atomic E-state index is 5.56. The zero-order chi connectivity index (χ0) is 15.2. The Labute approximate surface area is 131 Å². The smallest absolute Gasteiger partial charge is 0.231 e. The molecule has 0 saturated heterocycles. The maximum Gasteiger partial charge on any atom is 0.231 e. The van der Waals surface area contributed by atoms with Crippen LogP contribution in [0.25, 0.3) is 10.8 Å². The van der Waals surface area contributed by atoms with Gasteiger partial charge in [0, 0.05) is 16.8 Å². The predicted molar refractivity (Wildman–Crippen MR) is 87.5 cm³/mol. The maximum atomic E-state index is 5.56. The van der Waals surface area contributed by atoms with E-state index in [2.05, 4.69) is 32.0 Å². The number of hydrogen-bond acceptors (Lipinski definition) is 3. The zero-order valence-electron chi connectivity index (χ0n) is 13.4. The van der Waals surface area contributed by atoms with Gasteiger partial charge in [0.15, 0.2) is 11.5 Å². The molecule has 22 heavy (non-hydrogen) atoms. The number of nitrogens with zero attached hydrogens (tertiary/aromatic N) is 1. The Hall–Kier alpha value is -1.77. The first-order chi connectivity index (χ1) is 10.6. The SMILES string of the molecule is Cc1cc2cc3c(cc2c(CC2(C)CCCCC2)n1)OCO3. The summed E-state index contributed by atoms with van der Waals surface area (Å²) in [5.41, 5.74) is 2.70. The predicted octanol–water partition coefficient (Wildman–Crippen LogP) is 4.78. The molecule has 1 saturated carbocycles. The number of rotatable bonds is 2. The van der Waals surface area contributed by atoms with Crippen LogP contribution in [0.5, 0.6) is 11.5 Å². The average molecular weight is 297 g/mol. The van der Waals surface area contributed by atoms with Gasteiger partial charge in [-0.05, 0) is 55.2 Å². The zero-order valence-corrected chi connectivity index (χ0v) is 13.4. The molecular weight excluding hydrogens is 274 g/mol. The molecule has 1 aromatic carbocycles. The molecule has 3 nitrogen and oxygen atoms in total. The summed E-state index contributed by atoms with van der Waals surface area (Å²) in [6.07, 6.45) is 7.78. The third-order valence-corrected chi connectivity index (χ3v) is 5.19. The van der Waals surface area contributed by atoms with E-state index in [0.29, 0.717) is 12.2 Å². The van der Waals surface area contributed by atoms with Crippen molar-refractivity contribution in [2.75, 3.05) is 6.79 Å². The molecule has 3 heteroatoms. The lowest BCUT2D eigenvalue weighted by molar-refractivity contribution is 0.174. The highest BCUT2D eigenvalue weighted by Gasteiger charge is 2.28. The van der Waals surface area contributed by atoms with E-state index in [0.717, 1.165) is 23.6 Å². The normalized spacial score (nSPS) is 19.5. The Bertz CT molecular complexity index is 717. The first-order valence-corrected chi connectivity index (χ1v) is 8.33. The minimum atomic E-state index is 0.325. The van der Waals surface area contributed by atoms with Crippen molar-refractivity contribution in [2.24, 2.45) is 5.41 Å². The Balaban J connectivity index is 1.79. The van der Waals surface area contributed by atoms with Crippen LogP contribution in [0.2, 0.25) is 0 Å². The van der Waals surface area contributed by atoms with Gasteiger partial charge in [-0.3, -0.25) is 4.98 Å². The van der Waals surface area contributed by atoms with Gasteiger partial charge in [-0.2, -0.15) is 0 Å². The molecule has 1 aliphatic heterocycles. The molecule has 0 bridgehead atoms. The van der Waals surface area contributed by atoms with Crippen molar-refractivity contribution >= 4 is 10.8 Å². The minimum Gasteiger partial charge on any atom is -0.454 e. The lowest BCUT2D eigenvalue weighted by Gasteiger charge is -2.33. The topological polar surface area (TPSA) is 31.4 Å². The van der Waals surface area contributed by atoms with Crippen molar-refractivity contribution in [1.82, 2.24) is 4.98 Å². The minimum absolute atomic E-state index is 0.325. The van der Waals surface area contributed by atoms with Gasteiger partial charge in [-0.25, -0.2) is 0 Å². The Morgan fingerprint density at radius 2 is 1.77 bits per heavy atom. The van der Waals surface area contributed by atoms with Crippen molar-refractivity contribution in [3.05, 3.63) is 29.6 Å². The van der Waals surface area contributed by atoms with Crippen molar-refractivity contribution in [3.8, 4) is 11.5 Å². The van der Waals surface area contributed by atoms with Gasteiger partial charge in [0.1, 0.15) is 0 Å². The molecule has 0 amide bonds. The Morgan fingerprint density at radius 1 is 1.05 bits per heavy atom. The molecule has 0 N–H and O–H groups in total. The highest BCUT2D eigenvalue weighted by Crippen LogP contribution is 2.42. The van der Waals surface area contributed by atoms with Crippen LogP contribution in [0.3, 0.4) is 0 Å². The van der Waals surface area contributed by atoms with Crippen LogP contribution in [-0.2, 0) is 6.42 Å². The highest BCUT2D eigenvalue weighted by atomic mass is 16.7. The fraction of sp³-hybridized carbons (Fsp3) is 0.526. The molecule has 116 valence electrons. The van der Waals surface area contributed by atoms with E-state index < -0.39 is 0 Å². The van der Waals surface area contributed by atoms with E-state index in [1.54, 1.807) is 0 Å². The standard InChI is InChI=1S/C19H23NO2/c1-13-8-14-9-17-18(22-12-21-17)10-15(14)16(20-13)11-19(2)6-4-3-5-7-19/h8-10H,3-7,11-12H2,1-2H3. The van der Waals surface area contributed by atoms with Crippen LogP contribution in [0, 0.1) is 12.3 Å². The lowest BCUT2D eigenvalue weighted by Crippen LogP contribution is -2.23. The van der Waals surface area contributed by atoms with Crippen molar-refractivity contribution < 1.29 is 9.47 Å². The van der Waals surface area contributed by atoms with Gasteiger partial charge in [-0.1, -0.05) is 26.2 Å². The summed E-state index contributed by atoms with van der Waals surface area (Å²) in [6.45, 7) is 4.83. The number of pyridine rings is 1. The number of aryl methyl sites for hydroxylation is 1. The molecule has 0 unspecified atom stereocenters.